The molecule has 6 heteroatoms. The first-order chi connectivity index (χ1) is 15.2. The standard InChI is InChI=1S/C25H28N2O4/c28-23(26-12-15-31-22(18-26)19-6-2-1-3-7-19)16-25(10-13-30-14-11-25)27-17-20-8-4-5-9-21(20)24(27)29/h1-9,22H,10-18H2. The number of hydrogen-bond donors (Lipinski definition) is 0. The number of ether oxygens (including phenoxy) is 2. The third-order valence-corrected chi connectivity index (χ3v) is 6.89. The third kappa shape index (κ3) is 3.86. The maximum Gasteiger partial charge on any atom is 0.254 e. The Hall–Kier alpha value is -2.70. The molecule has 2 amide bonds. The monoisotopic (exact) mass is 420 g/mol. The molecule has 0 saturated carbocycles. The highest BCUT2D eigenvalue weighted by atomic mass is 16.5. The number of rotatable bonds is 4. The van der Waals surface area contributed by atoms with Gasteiger partial charge in [0.05, 0.1) is 25.1 Å². The van der Waals surface area contributed by atoms with Crippen molar-refractivity contribution in [3.8, 4) is 0 Å². The van der Waals surface area contributed by atoms with Crippen LogP contribution in [0.4, 0.5) is 0 Å². The van der Waals surface area contributed by atoms with Gasteiger partial charge in [-0.05, 0) is 30.0 Å². The molecule has 0 bridgehead atoms. The second-order valence-corrected chi connectivity index (χ2v) is 8.67. The van der Waals surface area contributed by atoms with E-state index in [1.807, 2.05) is 64.4 Å². The molecule has 0 aromatic heterocycles. The maximum absolute atomic E-state index is 13.5. The Bertz CT molecular complexity index is 955. The van der Waals surface area contributed by atoms with Crippen LogP contribution in [0.2, 0.25) is 0 Å². The minimum atomic E-state index is -0.494. The fourth-order valence-corrected chi connectivity index (χ4v) is 5.07. The third-order valence-electron chi connectivity index (χ3n) is 6.89. The molecule has 3 aliphatic rings. The molecule has 0 N–H and O–H groups in total. The molecule has 2 aromatic rings. The largest absolute Gasteiger partial charge is 0.381 e. The van der Waals surface area contributed by atoms with Crippen LogP contribution in [0.25, 0.3) is 0 Å². The lowest BCUT2D eigenvalue weighted by Gasteiger charge is -2.45. The smallest absolute Gasteiger partial charge is 0.254 e. The number of carbonyl (C=O) groups excluding carboxylic acids is 2. The van der Waals surface area contributed by atoms with E-state index in [2.05, 4.69) is 0 Å². The van der Waals surface area contributed by atoms with Gasteiger partial charge in [-0.15, -0.1) is 0 Å². The number of amides is 2. The van der Waals surface area contributed by atoms with Crippen molar-refractivity contribution < 1.29 is 19.1 Å². The topological polar surface area (TPSA) is 59.1 Å². The lowest BCUT2D eigenvalue weighted by atomic mass is 9.84. The second-order valence-electron chi connectivity index (χ2n) is 8.67. The van der Waals surface area contributed by atoms with E-state index in [0.717, 1.165) is 16.7 Å². The minimum absolute atomic E-state index is 0.0365. The second kappa shape index (κ2) is 8.44. The van der Waals surface area contributed by atoms with Gasteiger partial charge in [-0.3, -0.25) is 9.59 Å². The van der Waals surface area contributed by atoms with Crippen molar-refractivity contribution in [2.45, 2.75) is 37.5 Å². The van der Waals surface area contributed by atoms with Gasteiger partial charge in [0.15, 0.2) is 0 Å². The summed E-state index contributed by atoms with van der Waals surface area (Å²) in [4.78, 5) is 30.6. The molecule has 1 unspecified atom stereocenters. The molecule has 3 aliphatic heterocycles. The maximum atomic E-state index is 13.5. The van der Waals surface area contributed by atoms with Gasteiger partial charge >= 0.3 is 0 Å². The summed E-state index contributed by atoms with van der Waals surface area (Å²) < 4.78 is 11.6. The molecule has 162 valence electrons. The van der Waals surface area contributed by atoms with E-state index < -0.39 is 5.54 Å². The summed E-state index contributed by atoms with van der Waals surface area (Å²) in [6, 6.07) is 17.8. The van der Waals surface area contributed by atoms with Crippen molar-refractivity contribution in [3.63, 3.8) is 0 Å². The highest BCUT2D eigenvalue weighted by molar-refractivity contribution is 5.99. The molecule has 2 saturated heterocycles. The number of benzene rings is 2. The normalized spacial score (nSPS) is 23.0. The fourth-order valence-electron chi connectivity index (χ4n) is 5.07. The molecular weight excluding hydrogens is 392 g/mol. The Morgan fingerprint density at radius 3 is 2.52 bits per heavy atom. The summed E-state index contributed by atoms with van der Waals surface area (Å²) in [6.07, 6.45) is 1.59. The Morgan fingerprint density at radius 2 is 1.74 bits per heavy atom. The van der Waals surface area contributed by atoms with Gasteiger partial charge in [-0.2, -0.15) is 0 Å². The number of fused-ring (bicyclic) bond motifs is 1. The van der Waals surface area contributed by atoms with Gasteiger partial charge in [0.25, 0.3) is 5.91 Å². The Balaban J connectivity index is 1.34. The van der Waals surface area contributed by atoms with Crippen LogP contribution in [0.5, 0.6) is 0 Å². The molecule has 1 atom stereocenters. The van der Waals surface area contributed by atoms with Gasteiger partial charge in [0.1, 0.15) is 6.10 Å². The van der Waals surface area contributed by atoms with E-state index in [1.54, 1.807) is 0 Å². The molecule has 5 rings (SSSR count). The van der Waals surface area contributed by atoms with Crippen molar-refractivity contribution in [1.29, 1.82) is 0 Å². The summed E-state index contributed by atoms with van der Waals surface area (Å²) in [5, 5.41) is 0. The summed E-state index contributed by atoms with van der Waals surface area (Å²) in [5.74, 6) is 0.129. The van der Waals surface area contributed by atoms with Crippen molar-refractivity contribution in [2.24, 2.45) is 0 Å². The SMILES string of the molecule is O=C(CC1(N2Cc3ccccc3C2=O)CCOCC1)N1CCOC(c2ccccc2)C1. The molecule has 31 heavy (non-hydrogen) atoms. The van der Waals surface area contributed by atoms with Gasteiger partial charge in [-0.1, -0.05) is 48.5 Å². The van der Waals surface area contributed by atoms with Crippen molar-refractivity contribution >= 4 is 11.8 Å². The van der Waals surface area contributed by atoms with Crippen molar-refractivity contribution in [3.05, 3.63) is 71.3 Å². The van der Waals surface area contributed by atoms with Crippen LogP contribution in [0.1, 0.15) is 46.9 Å². The first-order valence-electron chi connectivity index (χ1n) is 11.1. The van der Waals surface area contributed by atoms with Gasteiger partial charge < -0.3 is 19.3 Å². The van der Waals surface area contributed by atoms with Gasteiger partial charge in [0, 0.05) is 31.9 Å². The zero-order valence-corrected chi connectivity index (χ0v) is 17.7. The van der Waals surface area contributed by atoms with E-state index in [9.17, 15) is 9.59 Å². The predicted molar refractivity (Wildman–Crippen MR) is 115 cm³/mol. The van der Waals surface area contributed by atoms with E-state index in [4.69, 9.17) is 9.47 Å². The van der Waals surface area contributed by atoms with Crippen molar-refractivity contribution in [2.75, 3.05) is 32.9 Å². The predicted octanol–water partition coefficient (Wildman–Crippen LogP) is 3.18. The molecule has 2 fully saturated rings. The average molecular weight is 421 g/mol. The van der Waals surface area contributed by atoms with E-state index >= 15 is 0 Å². The van der Waals surface area contributed by atoms with Crippen LogP contribution in [0.15, 0.2) is 54.6 Å². The summed E-state index contributed by atoms with van der Waals surface area (Å²) in [6.45, 7) is 3.37. The number of hydrogen-bond acceptors (Lipinski definition) is 4. The number of nitrogens with zero attached hydrogens (tertiary/aromatic N) is 2. The van der Waals surface area contributed by atoms with E-state index in [-0.39, 0.29) is 17.9 Å². The molecule has 6 nitrogen and oxygen atoms in total. The molecule has 0 spiro atoms. The average Bonchev–Trinajstić information content (AvgIpc) is 3.18. The molecule has 0 radical (unpaired) electrons. The zero-order chi connectivity index (χ0) is 21.3. The summed E-state index contributed by atoms with van der Waals surface area (Å²) in [7, 11) is 0. The van der Waals surface area contributed by atoms with Crippen LogP contribution in [-0.2, 0) is 20.8 Å². The Kier molecular flexibility index (Phi) is 5.50. The molecular formula is C25H28N2O4. The molecule has 0 aliphatic carbocycles. The van der Waals surface area contributed by atoms with E-state index in [0.29, 0.717) is 58.7 Å². The quantitative estimate of drug-likeness (QED) is 0.762. The van der Waals surface area contributed by atoms with Gasteiger partial charge in [0.2, 0.25) is 5.91 Å². The lowest BCUT2D eigenvalue weighted by molar-refractivity contribution is -0.143. The highest BCUT2D eigenvalue weighted by Gasteiger charge is 2.46. The zero-order valence-electron chi connectivity index (χ0n) is 17.7. The summed E-state index contributed by atoms with van der Waals surface area (Å²) in [5.41, 5.74) is 2.40. The van der Waals surface area contributed by atoms with Gasteiger partial charge in [-0.25, -0.2) is 0 Å². The fraction of sp³-hybridized carbons (Fsp3) is 0.440. The van der Waals surface area contributed by atoms with Crippen LogP contribution in [-0.4, -0.2) is 60.1 Å². The first kappa shape index (κ1) is 20.2. The van der Waals surface area contributed by atoms with Crippen LogP contribution in [0, 0.1) is 0 Å². The Morgan fingerprint density at radius 1 is 1.00 bits per heavy atom. The summed E-state index contributed by atoms with van der Waals surface area (Å²) >= 11 is 0. The van der Waals surface area contributed by atoms with Crippen LogP contribution >= 0.6 is 0 Å². The Labute approximate surface area is 182 Å². The molecule has 2 aromatic carbocycles. The van der Waals surface area contributed by atoms with Crippen LogP contribution < -0.4 is 0 Å². The van der Waals surface area contributed by atoms with Crippen molar-refractivity contribution in [1.82, 2.24) is 9.80 Å². The minimum Gasteiger partial charge on any atom is -0.381 e. The number of carbonyl (C=O) groups is 2. The number of morpholine rings is 1. The highest BCUT2D eigenvalue weighted by Crippen LogP contribution is 2.38. The van der Waals surface area contributed by atoms with E-state index in [1.165, 1.54) is 0 Å². The van der Waals surface area contributed by atoms with Crippen LogP contribution in [0.3, 0.4) is 0 Å². The first-order valence-corrected chi connectivity index (χ1v) is 11.1. The molecule has 3 heterocycles. The lowest BCUT2D eigenvalue weighted by Crippen LogP contribution is -2.55.